The zero-order chi connectivity index (χ0) is 15.2. The highest BCUT2D eigenvalue weighted by atomic mass is 16.5. The minimum atomic E-state index is -0.133. The minimum absolute atomic E-state index is 0.00320. The van der Waals surface area contributed by atoms with Gasteiger partial charge in [0.15, 0.2) is 0 Å². The Morgan fingerprint density at radius 2 is 2.14 bits per heavy atom. The van der Waals surface area contributed by atoms with Gasteiger partial charge < -0.3 is 20.5 Å². The summed E-state index contributed by atoms with van der Waals surface area (Å²) in [6.45, 7) is 1.19. The molecule has 1 saturated carbocycles. The summed E-state index contributed by atoms with van der Waals surface area (Å²) in [4.78, 5) is 14.7. The van der Waals surface area contributed by atoms with E-state index in [2.05, 4.69) is 0 Å². The van der Waals surface area contributed by atoms with Crippen molar-refractivity contribution in [1.29, 1.82) is 0 Å². The molecule has 1 fully saturated rings. The smallest absolute Gasteiger partial charge is 0.257 e. The lowest BCUT2D eigenvalue weighted by Crippen LogP contribution is -2.40. The normalized spacial score (nSPS) is 15.1. The number of ether oxygens (including phenoxy) is 1. The van der Waals surface area contributed by atoms with Crippen LogP contribution in [-0.2, 0) is 0 Å². The number of nitrogens with zero attached hydrogens (tertiary/aromatic N) is 1. The Morgan fingerprint density at radius 3 is 2.76 bits per heavy atom. The van der Waals surface area contributed by atoms with Crippen LogP contribution in [0.3, 0.4) is 0 Å². The summed E-state index contributed by atoms with van der Waals surface area (Å²) in [6, 6.07) is 5.00. The Labute approximate surface area is 125 Å². The maximum atomic E-state index is 12.8. The first-order chi connectivity index (χ1) is 10.2. The topological polar surface area (TPSA) is 75.8 Å². The molecule has 3 N–H and O–H groups in total. The first kappa shape index (κ1) is 15.6. The summed E-state index contributed by atoms with van der Waals surface area (Å²) in [7, 11) is 1.55. The van der Waals surface area contributed by atoms with Crippen LogP contribution in [0.5, 0.6) is 11.5 Å². The van der Waals surface area contributed by atoms with E-state index in [1.807, 2.05) is 4.90 Å². The lowest BCUT2D eigenvalue weighted by Gasteiger charge is -2.29. The second kappa shape index (κ2) is 7.31. The maximum Gasteiger partial charge on any atom is 0.257 e. The number of hydrogen-bond donors (Lipinski definition) is 2. The number of hydrogen-bond acceptors (Lipinski definition) is 4. The largest absolute Gasteiger partial charge is 0.507 e. The van der Waals surface area contributed by atoms with Gasteiger partial charge in [-0.15, -0.1) is 0 Å². The quantitative estimate of drug-likeness (QED) is 0.842. The molecule has 1 aromatic rings. The van der Waals surface area contributed by atoms with Gasteiger partial charge in [-0.25, -0.2) is 0 Å². The SMILES string of the molecule is COc1ccc(O)c(C(=O)N(CCCN)C2CCCC2)c1. The van der Waals surface area contributed by atoms with Crippen LogP contribution in [0.25, 0.3) is 0 Å². The van der Waals surface area contributed by atoms with Crippen LogP contribution in [0.1, 0.15) is 42.5 Å². The number of carbonyl (C=O) groups is 1. The zero-order valence-corrected chi connectivity index (χ0v) is 12.5. The Balaban J connectivity index is 2.23. The van der Waals surface area contributed by atoms with E-state index < -0.39 is 0 Å². The molecule has 1 aromatic carbocycles. The number of benzene rings is 1. The Kier molecular flexibility index (Phi) is 5.44. The van der Waals surface area contributed by atoms with Gasteiger partial charge in [0, 0.05) is 12.6 Å². The molecule has 116 valence electrons. The maximum absolute atomic E-state index is 12.8. The van der Waals surface area contributed by atoms with E-state index in [9.17, 15) is 9.90 Å². The fourth-order valence-electron chi connectivity index (χ4n) is 2.90. The molecule has 21 heavy (non-hydrogen) atoms. The fourth-order valence-corrected chi connectivity index (χ4v) is 2.90. The molecule has 0 aliphatic heterocycles. The van der Waals surface area contributed by atoms with E-state index in [-0.39, 0.29) is 17.7 Å². The molecule has 0 heterocycles. The van der Waals surface area contributed by atoms with Crippen LogP contribution in [0, 0.1) is 0 Å². The summed E-state index contributed by atoms with van der Waals surface area (Å²) < 4.78 is 5.14. The Morgan fingerprint density at radius 1 is 1.43 bits per heavy atom. The third-order valence-corrected chi connectivity index (χ3v) is 4.06. The van der Waals surface area contributed by atoms with E-state index in [4.69, 9.17) is 10.5 Å². The molecule has 0 atom stereocenters. The van der Waals surface area contributed by atoms with Crippen molar-refractivity contribution in [2.45, 2.75) is 38.1 Å². The highest BCUT2D eigenvalue weighted by molar-refractivity contribution is 5.97. The van der Waals surface area contributed by atoms with Gasteiger partial charge in [0.25, 0.3) is 5.91 Å². The number of phenols is 1. The Bertz CT molecular complexity index is 484. The fraction of sp³-hybridized carbons (Fsp3) is 0.562. The van der Waals surface area contributed by atoms with Crippen molar-refractivity contribution < 1.29 is 14.6 Å². The molecule has 1 amide bonds. The lowest BCUT2D eigenvalue weighted by molar-refractivity contribution is 0.0677. The van der Waals surface area contributed by atoms with Crippen LogP contribution in [0.4, 0.5) is 0 Å². The molecule has 0 aromatic heterocycles. The van der Waals surface area contributed by atoms with E-state index in [1.54, 1.807) is 19.2 Å². The highest BCUT2D eigenvalue weighted by Gasteiger charge is 2.28. The van der Waals surface area contributed by atoms with Crippen LogP contribution >= 0.6 is 0 Å². The molecule has 0 unspecified atom stereocenters. The van der Waals surface area contributed by atoms with Gasteiger partial charge in [-0.3, -0.25) is 4.79 Å². The summed E-state index contributed by atoms with van der Waals surface area (Å²) >= 11 is 0. The van der Waals surface area contributed by atoms with Gasteiger partial charge in [0.05, 0.1) is 12.7 Å². The molecule has 0 spiro atoms. The van der Waals surface area contributed by atoms with E-state index in [0.717, 1.165) is 32.1 Å². The van der Waals surface area contributed by atoms with Crippen LogP contribution < -0.4 is 10.5 Å². The van der Waals surface area contributed by atoms with Crippen molar-refractivity contribution in [3.05, 3.63) is 23.8 Å². The summed E-state index contributed by atoms with van der Waals surface area (Å²) in [5.41, 5.74) is 5.89. The number of amides is 1. The molecular formula is C16H24N2O3. The number of phenolic OH excluding ortho intramolecular Hbond substituents is 1. The van der Waals surface area contributed by atoms with Crippen molar-refractivity contribution in [2.24, 2.45) is 5.73 Å². The molecule has 5 nitrogen and oxygen atoms in total. The second-order valence-corrected chi connectivity index (χ2v) is 5.46. The van der Waals surface area contributed by atoms with Gasteiger partial charge in [0.1, 0.15) is 11.5 Å². The predicted molar refractivity (Wildman–Crippen MR) is 81.6 cm³/mol. The molecule has 1 aliphatic rings. The third-order valence-electron chi connectivity index (χ3n) is 4.06. The average Bonchev–Trinajstić information content (AvgIpc) is 3.02. The first-order valence-corrected chi connectivity index (χ1v) is 7.55. The van der Waals surface area contributed by atoms with Crippen molar-refractivity contribution in [2.75, 3.05) is 20.2 Å². The van der Waals surface area contributed by atoms with Crippen molar-refractivity contribution in [3.63, 3.8) is 0 Å². The van der Waals surface area contributed by atoms with E-state index >= 15 is 0 Å². The number of carbonyl (C=O) groups excluding carboxylic acids is 1. The molecule has 1 aliphatic carbocycles. The summed E-state index contributed by atoms with van der Waals surface area (Å²) in [5, 5.41) is 9.99. The number of aromatic hydroxyl groups is 1. The number of nitrogens with two attached hydrogens (primary N) is 1. The van der Waals surface area contributed by atoms with E-state index in [1.165, 1.54) is 6.07 Å². The van der Waals surface area contributed by atoms with E-state index in [0.29, 0.717) is 24.4 Å². The number of methoxy groups -OCH3 is 1. The van der Waals surface area contributed by atoms with Crippen LogP contribution in [-0.4, -0.2) is 42.2 Å². The summed E-state index contributed by atoms with van der Waals surface area (Å²) in [6.07, 6.45) is 5.14. The van der Waals surface area contributed by atoms with Crippen molar-refractivity contribution in [3.8, 4) is 11.5 Å². The highest BCUT2D eigenvalue weighted by Crippen LogP contribution is 2.29. The van der Waals surface area contributed by atoms with Gasteiger partial charge in [0.2, 0.25) is 0 Å². The Hall–Kier alpha value is -1.75. The van der Waals surface area contributed by atoms with Gasteiger partial charge >= 0.3 is 0 Å². The van der Waals surface area contributed by atoms with Gasteiger partial charge in [-0.05, 0) is 44.0 Å². The molecule has 0 radical (unpaired) electrons. The van der Waals surface area contributed by atoms with Gasteiger partial charge in [-0.2, -0.15) is 0 Å². The molecule has 0 saturated heterocycles. The second-order valence-electron chi connectivity index (χ2n) is 5.46. The summed E-state index contributed by atoms with van der Waals surface area (Å²) in [5.74, 6) is 0.435. The molecular weight excluding hydrogens is 268 g/mol. The molecule has 2 rings (SSSR count). The van der Waals surface area contributed by atoms with Crippen molar-refractivity contribution in [1.82, 2.24) is 4.90 Å². The number of rotatable bonds is 6. The van der Waals surface area contributed by atoms with Gasteiger partial charge in [-0.1, -0.05) is 12.8 Å². The van der Waals surface area contributed by atoms with Crippen molar-refractivity contribution >= 4 is 5.91 Å². The lowest BCUT2D eigenvalue weighted by atomic mass is 10.1. The standard InChI is InChI=1S/C16H24N2O3/c1-21-13-7-8-15(19)14(11-13)16(20)18(10-4-9-17)12-5-2-3-6-12/h7-8,11-12,19H,2-6,9-10,17H2,1H3. The minimum Gasteiger partial charge on any atom is -0.507 e. The molecule has 0 bridgehead atoms. The average molecular weight is 292 g/mol. The zero-order valence-electron chi connectivity index (χ0n) is 12.5. The van der Waals surface area contributed by atoms with Crippen LogP contribution in [0.15, 0.2) is 18.2 Å². The predicted octanol–water partition coefficient (Wildman–Crippen LogP) is 2.13. The monoisotopic (exact) mass is 292 g/mol. The third kappa shape index (κ3) is 3.67. The van der Waals surface area contributed by atoms with Crippen LogP contribution in [0.2, 0.25) is 0 Å². The first-order valence-electron chi connectivity index (χ1n) is 7.55. The molecule has 5 heteroatoms.